The fraction of sp³-hybridized carbons (Fsp3) is 0.500. The third-order valence-electron chi connectivity index (χ3n) is 3.28. The first-order valence-electron chi connectivity index (χ1n) is 6.16. The van der Waals surface area contributed by atoms with Crippen LogP contribution in [0.1, 0.15) is 32.1 Å². The Bertz CT molecular complexity index is 522. The van der Waals surface area contributed by atoms with Gasteiger partial charge in [0, 0.05) is 11.7 Å². The lowest BCUT2D eigenvalue weighted by atomic mass is 9.95. The average molecular weight is 269 g/mol. The topological polar surface area (TPSA) is 98.2 Å². The van der Waals surface area contributed by atoms with E-state index < -0.39 is 10.0 Å². The van der Waals surface area contributed by atoms with Gasteiger partial charge in [-0.1, -0.05) is 19.3 Å². The van der Waals surface area contributed by atoms with Crippen molar-refractivity contribution in [2.24, 2.45) is 5.14 Å². The molecule has 100 valence electrons. The molecule has 1 aliphatic carbocycles. The lowest BCUT2D eigenvalue weighted by Gasteiger charge is -2.24. The van der Waals surface area contributed by atoms with Crippen LogP contribution in [0, 0.1) is 0 Å². The molecule has 18 heavy (non-hydrogen) atoms. The summed E-state index contributed by atoms with van der Waals surface area (Å²) in [5.74, 6) is 0. The Morgan fingerprint density at radius 1 is 1.17 bits per heavy atom. The molecule has 1 saturated carbocycles. The maximum absolute atomic E-state index is 11.5. The van der Waals surface area contributed by atoms with Gasteiger partial charge >= 0.3 is 0 Å². The number of nitrogen functional groups attached to an aromatic ring is 1. The molecule has 1 fully saturated rings. The van der Waals surface area contributed by atoms with Gasteiger partial charge in [0.15, 0.2) is 0 Å². The number of rotatable bonds is 3. The van der Waals surface area contributed by atoms with Gasteiger partial charge in [-0.05, 0) is 31.0 Å². The Hall–Kier alpha value is -1.27. The molecular formula is C12H19N3O2S. The number of benzene rings is 1. The van der Waals surface area contributed by atoms with Crippen LogP contribution in [0.25, 0.3) is 0 Å². The molecule has 0 aromatic heterocycles. The van der Waals surface area contributed by atoms with E-state index in [1.54, 1.807) is 12.1 Å². The van der Waals surface area contributed by atoms with Gasteiger partial charge in [-0.15, -0.1) is 0 Å². The van der Waals surface area contributed by atoms with Crippen molar-refractivity contribution in [3.05, 3.63) is 18.2 Å². The number of nitrogens with one attached hydrogen (secondary N) is 1. The van der Waals surface area contributed by atoms with Crippen LogP contribution < -0.4 is 16.2 Å². The van der Waals surface area contributed by atoms with E-state index in [0.717, 1.165) is 12.8 Å². The lowest BCUT2D eigenvalue weighted by molar-refractivity contribution is 0.462. The van der Waals surface area contributed by atoms with E-state index >= 15 is 0 Å². The van der Waals surface area contributed by atoms with Gasteiger partial charge in [0.05, 0.1) is 5.69 Å². The highest BCUT2D eigenvalue weighted by atomic mass is 32.2. The molecule has 2 rings (SSSR count). The van der Waals surface area contributed by atoms with E-state index in [1.807, 2.05) is 0 Å². The van der Waals surface area contributed by atoms with Crippen LogP contribution in [-0.2, 0) is 10.0 Å². The molecule has 0 bridgehead atoms. The Kier molecular flexibility index (Phi) is 3.77. The zero-order chi connectivity index (χ0) is 13.2. The predicted octanol–water partition coefficient (Wildman–Crippen LogP) is 1.66. The first-order valence-corrected chi connectivity index (χ1v) is 7.70. The summed E-state index contributed by atoms with van der Waals surface area (Å²) in [7, 11) is -3.75. The second-order valence-corrected chi connectivity index (χ2v) is 6.31. The standard InChI is InChI=1S/C12H19N3O2S/c13-9-6-7-11(12(8-9)18(14,16)17)15-10-4-2-1-3-5-10/h6-8,10,15H,1-5,13H2,(H2,14,16,17). The molecule has 0 unspecified atom stereocenters. The normalized spacial score (nSPS) is 17.6. The predicted molar refractivity (Wildman–Crippen MR) is 72.7 cm³/mol. The molecular weight excluding hydrogens is 250 g/mol. The smallest absolute Gasteiger partial charge is 0.240 e. The van der Waals surface area contributed by atoms with Crippen molar-refractivity contribution in [1.29, 1.82) is 0 Å². The van der Waals surface area contributed by atoms with Gasteiger partial charge in [0.25, 0.3) is 0 Å². The van der Waals surface area contributed by atoms with Crippen LogP contribution in [-0.4, -0.2) is 14.5 Å². The van der Waals surface area contributed by atoms with Crippen molar-refractivity contribution in [2.45, 2.75) is 43.0 Å². The quantitative estimate of drug-likeness (QED) is 0.727. The molecule has 1 aromatic carbocycles. The van der Waals surface area contributed by atoms with Gasteiger partial charge in [0.1, 0.15) is 4.90 Å². The van der Waals surface area contributed by atoms with Crippen LogP contribution in [0.15, 0.2) is 23.1 Å². The zero-order valence-corrected chi connectivity index (χ0v) is 11.0. The molecule has 0 spiro atoms. The molecule has 0 aliphatic heterocycles. The van der Waals surface area contributed by atoms with Crippen molar-refractivity contribution in [1.82, 2.24) is 0 Å². The van der Waals surface area contributed by atoms with Gasteiger partial charge in [-0.25, -0.2) is 13.6 Å². The van der Waals surface area contributed by atoms with Gasteiger partial charge in [-0.2, -0.15) is 0 Å². The molecule has 5 N–H and O–H groups in total. The lowest BCUT2D eigenvalue weighted by Crippen LogP contribution is -2.24. The minimum atomic E-state index is -3.75. The number of anilines is 2. The highest BCUT2D eigenvalue weighted by molar-refractivity contribution is 7.89. The molecule has 0 saturated heterocycles. The van der Waals surface area contributed by atoms with E-state index in [-0.39, 0.29) is 4.90 Å². The second kappa shape index (κ2) is 5.16. The summed E-state index contributed by atoms with van der Waals surface area (Å²) in [5, 5.41) is 8.48. The van der Waals surface area contributed by atoms with Gasteiger partial charge in [0.2, 0.25) is 10.0 Å². The van der Waals surface area contributed by atoms with Crippen LogP contribution >= 0.6 is 0 Å². The third kappa shape index (κ3) is 3.14. The number of hydrogen-bond donors (Lipinski definition) is 3. The van der Waals surface area contributed by atoms with Crippen molar-refractivity contribution in [3.63, 3.8) is 0 Å². The minimum Gasteiger partial charge on any atom is -0.399 e. The maximum Gasteiger partial charge on any atom is 0.240 e. The Labute approximate surface area is 108 Å². The highest BCUT2D eigenvalue weighted by Crippen LogP contribution is 2.27. The average Bonchev–Trinajstić information content (AvgIpc) is 2.31. The Morgan fingerprint density at radius 3 is 2.44 bits per heavy atom. The Morgan fingerprint density at radius 2 is 1.83 bits per heavy atom. The van der Waals surface area contributed by atoms with Crippen molar-refractivity contribution in [3.8, 4) is 0 Å². The molecule has 0 amide bonds. The molecule has 1 aromatic rings. The summed E-state index contributed by atoms with van der Waals surface area (Å²) in [6.07, 6.45) is 5.74. The SMILES string of the molecule is Nc1ccc(NC2CCCCC2)c(S(N)(=O)=O)c1. The Balaban J connectivity index is 2.26. The first kappa shape index (κ1) is 13.2. The van der Waals surface area contributed by atoms with E-state index in [9.17, 15) is 8.42 Å². The maximum atomic E-state index is 11.5. The van der Waals surface area contributed by atoms with E-state index in [0.29, 0.717) is 17.4 Å². The van der Waals surface area contributed by atoms with Crippen molar-refractivity contribution >= 4 is 21.4 Å². The number of sulfonamides is 1. The summed E-state index contributed by atoms with van der Waals surface area (Å²) in [6.45, 7) is 0. The number of nitrogens with two attached hydrogens (primary N) is 2. The van der Waals surface area contributed by atoms with Crippen LogP contribution in [0.2, 0.25) is 0 Å². The minimum absolute atomic E-state index is 0.0769. The second-order valence-electron chi connectivity index (χ2n) is 4.78. The monoisotopic (exact) mass is 269 g/mol. The summed E-state index contributed by atoms with van der Waals surface area (Å²) in [5.41, 5.74) is 6.56. The number of primary sulfonamides is 1. The summed E-state index contributed by atoms with van der Waals surface area (Å²) < 4.78 is 23.1. The largest absolute Gasteiger partial charge is 0.399 e. The van der Waals surface area contributed by atoms with Crippen molar-refractivity contribution < 1.29 is 8.42 Å². The fourth-order valence-electron chi connectivity index (χ4n) is 2.36. The zero-order valence-electron chi connectivity index (χ0n) is 10.2. The summed E-state index contributed by atoms with van der Waals surface area (Å²) in [4.78, 5) is 0.0769. The third-order valence-corrected chi connectivity index (χ3v) is 4.23. The molecule has 1 aliphatic rings. The van der Waals surface area contributed by atoms with E-state index in [2.05, 4.69) is 5.32 Å². The number of hydrogen-bond acceptors (Lipinski definition) is 4. The molecule has 0 heterocycles. The van der Waals surface area contributed by atoms with Gasteiger partial charge in [-0.3, -0.25) is 0 Å². The van der Waals surface area contributed by atoms with Crippen LogP contribution in [0.3, 0.4) is 0 Å². The molecule has 0 radical (unpaired) electrons. The fourth-order valence-corrected chi connectivity index (χ4v) is 3.09. The van der Waals surface area contributed by atoms with Crippen molar-refractivity contribution in [2.75, 3.05) is 11.1 Å². The summed E-state index contributed by atoms with van der Waals surface area (Å²) in [6, 6.07) is 5.09. The highest BCUT2D eigenvalue weighted by Gasteiger charge is 2.18. The first-order chi connectivity index (χ1) is 8.47. The van der Waals surface area contributed by atoms with Crippen LogP contribution in [0.5, 0.6) is 0 Å². The molecule has 5 nitrogen and oxygen atoms in total. The molecule has 6 heteroatoms. The summed E-state index contributed by atoms with van der Waals surface area (Å²) >= 11 is 0. The van der Waals surface area contributed by atoms with E-state index in [1.165, 1.54) is 25.3 Å². The molecule has 0 atom stereocenters. The van der Waals surface area contributed by atoms with Crippen LogP contribution in [0.4, 0.5) is 11.4 Å². The van der Waals surface area contributed by atoms with E-state index in [4.69, 9.17) is 10.9 Å². The van der Waals surface area contributed by atoms with Gasteiger partial charge < -0.3 is 11.1 Å².